The molecule has 0 spiro atoms. The summed E-state index contributed by atoms with van der Waals surface area (Å²) in [7, 11) is 1.31. The van der Waals surface area contributed by atoms with E-state index in [-0.39, 0.29) is 23.1 Å². The van der Waals surface area contributed by atoms with Crippen LogP contribution in [0.1, 0.15) is 33.6 Å². The second kappa shape index (κ2) is 9.32. The number of esters is 1. The summed E-state index contributed by atoms with van der Waals surface area (Å²) in [5, 5.41) is 4.10. The number of rotatable bonds is 5. The molecular weight excluding hydrogens is 420 g/mol. The molecule has 7 nitrogen and oxygen atoms in total. The summed E-state index contributed by atoms with van der Waals surface area (Å²) in [5.74, 6) is -0.805. The van der Waals surface area contributed by atoms with Crippen LogP contribution in [0.25, 0.3) is 11.0 Å². The first-order valence-corrected chi connectivity index (χ1v) is 10.3. The lowest BCUT2D eigenvalue weighted by Gasteiger charge is -2.11. The minimum Gasteiger partial charge on any atom is -0.465 e. The van der Waals surface area contributed by atoms with Gasteiger partial charge in [-0.1, -0.05) is 17.7 Å². The van der Waals surface area contributed by atoms with Crippen LogP contribution in [0.5, 0.6) is 0 Å². The number of benzene rings is 2. The highest BCUT2D eigenvalue weighted by molar-refractivity contribution is 6.31. The lowest BCUT2D eigenvalue weighted by atomic mass is 10.1. The highest BCUT2D eigenvalue weighted by Gasteiger charge is 2.19. The van der Waals surface area contributed by atoms with E-state index in [1.165, 1.54) is 7.11 Å². The largest absolute Gasteiger partial charge is 0.465 e. The molecule has 0 aliphatic carbocycles. The van der Waals surface area contributed by atoms with E-state index in [4.69, 9.17) is 25.5 Å². The first-order valence-electron chi connectivity index (χ1n) is 9.90. The van der Waals surface area contributed by atoms with Gasteiger partial charge in [0, 0.05) is 23.6 Å². The quantitative estimate of drug-likeness (QED) is 0.605. The van der Waals surface area contributed by atoms with Gasteiger partial charge in [-0.05, 0) is 55.3 Å². The lowest BCUT2D eigenvalue weighted by molar-refractivity contribution is 0.0600. The predicted molar refractivity (Wildman–Crippen MR) is 116 cm³/mol. The van der Waals surface area contributed by atoms with E-state index < -0.39 is 5.97 Å². The molecule has 0 bridgehead atoms. The number of methoxy groups -OCH3 is 1. The third-order valence-electron chi connectivity index (χ3n) is 4.97. The van der Waals surface area contributed by atoms with Crippen molar-refractivity contribution in [3.63, 3.8) is 0 Å². The molecule has 160 valence electrons. The van der Waals surface area contributed by atoms with Crippen LogP contribution < -0.4 is 10.9 Å². The van der Waals surface area contributed by atoms with Gasteiger partial charge in [0.2, 0.25) is 5.55 Å². The molecule has 1 N–H and O–H groups in total. The molecule has 2 heterocycles. The third-order valence-corrected chi connectivity index (χ3v) is 5.20. The molecule has 0 saturated carbocycles. The number of nitrogens with zero attached hydrogens (tertiary/aromatic N) is 1. The minimum absolute atomic E-state index is 0.00733. The maximum absolute atomic E-state index is 13.0. The Morgan fingerprint density at radius 2 is 2.10 bits per heavy atom. The second-order valence-corrected chi connectivity index (χ2v) is 7.58. The van der Waals surface area contributed by atoms with Gasteiger partial charge < -0.3 is 19.2 Å². The number of hydrogen-bond acceptors (Lipinski definition) is 6. The number of nitrogens with one attached hydrogen (secondary N) is 1. The van der Waals surface area contributed by atoms with Gasteiger partial charge in [-0.25, -0.2) is 9.79 Å². The molecule has 1 aliphatic rings. The Morgan fingerprint density at radius 1 is 1.23 bits per heavy atom. The monoisotopic (exact) mass is 440 g/mol. The van der Waals surface area contributed by atoms with E-state index in [9.17, 15) is 9.59 Å². The van der Waals surface area contributed by atoms with Gasteiger partial charge in [0.1, 0.15) is 11.1 Å². The molecule has 1 aromatic heterocycles. The molecule has 1 unspecified atom stereocenters. The molecule has 1 atom stereocenters. The van der Waals surface area contributed by atoms with Gasteiger partial charge >= 0.3 is 5.97 Å². The molecule has 8 heteroatoms. The topological polar surface area (TPSA) is 90.1 Å². The minimum atomic E-state index is -0.475. The summed E-state index contributed by atoms with van der Waals surface area (Å²) in [6, 6.07) is 13.4. The van der Waals surface area contributed by atoms with Crippen LogP contribution in [0.2, 0.25) is 5.02 Å². The first-order chi connectivity index (χ1) is 15.0. The molecular formula is C23H21ClN2O5. The van der Waals surface area contributed by atoms with Crippen LogP contribution in [-0.4, -0.2) is 38.2 Å². The van der Waals surface area contributed by atoms with Crippen molar-refractivity contribution < 1.29 is 23.5 Å². The van der Waals surface area contributed by atoms with E-state index in [0.717, 1.165) is 12.8 Å². The molecule has 1 saturated heterocycles. The van der Waals surface area contributed by atoms with Gasteiger partial charge in [0.15, 0.2) is 0 Å². The number of amides is 1. The van der Waals surface area contributed by atoms with Crippen molar-refractivity contribution in [3.05, 3.63) is 70.2 Å². The molecule has 31 heavy (non-hydrogen) atoms. The predicted octanol–water partition coefficient (Wildman–Crippen LogP) is 4.01. The molecule has 4 rings (SSSR count). The Morgan fingerprint density at radius 3 is 2.87 bits per heavy atom. The van der Waals surface area contributed by atoms with Crippen LogP contribution in [0, 0.1) is 0 Å². The van der Waals surface area contributed by atoms with Crippen molar-refractivity contribution in [1.29, 1.82) is 0 Å². The normalized spacial score (nSPS) is 16.5. The Balaban J connectivity index is 1.76. The van der Waals surface area contributed by atoms with Crippen LogP contribution >= 0.6 is 11.6 Å². The zero-order valence-corrected chi connectivity index (χ0v) is 17.6. The number of fused-ring (bicyclic) bond motifs is 1. The summed E-state index contributed by atoms with van der Waals surface area (Å²) < 4.78 is 16.3. The van der Waals surface area contributed by atoms with Crippen molar-refractivity contribution in [1.82, 2.24) is 5.32 Å². The van der Waals surface area contributed by atoms with Crippen molar-refractivity contribution >= 4 is 40.1 Å². The first kappa shape index (κ1) is 21.1. The average Bonchev–Trinajstić information content (AvgIpc) is 3.30. The van der Waals surface area contributed by atoms with E-state index in [1.807, 2.05) is 0 Å². The van der Waals surface area contributed by atoms with E-state index in [0.29, 0.717) is 40.4 Å². The average molecular weight is 441 g/mol. The Hall–Kier alpha value is -3.16. The highest BCUT2D eigenvalue weighted by atomic mass is 35.5. The third kappa shape index (κ3) is 4.95. The van der Waals surface area contributed by atoms with Gasteiger partial charge in [-0.2, -0.15) is 0 Å². The number of hydrogen-bond donors (Lipinski definition) is 1. The molecule has 3 aromatic rings. The standard InChI is InChI=1S/C23H21ClN2O5/c1-29-23(28)14-4-2-5-17(11-14)26-22-19(21(27)25-13-18-6-3-9-30-18)12-15-10-16(24)7-8-20(15)31-22/h2,4-5,7-8,10-12,18H,3,6,9,13H2,1H3,(H,25,27). The van der Waals surface area contributed by atoms with Gasteiger partial charge in [0.25, 0.3) is 5.91 Å². The summed E-state index contributed by atoms with van der Waals surface area (Å²) >= 11 is 6.10. The fourth-order valence-corrected chi connectivity index (χ4v) is 3.57. The number of carbonyl (C=O) groups excluding carboxylic acids is 2. The SMILES string of the molecule is COC(=O)c1cccc(N=c2oc3ccc(Cl)cc3cc2C(=O)NCC2CCCO2)c1. The molecule has 1 fully saturated rings. The van der Waals surface area contributed by atoms with Gasteiger partial charge in [-0.3, -0.25) is 4.79 Å². The van der Waals surface area contributed by atoms with Gasteiger partial charge in [-0.15, -0.1) is 0 Å². The van der Waals surface area contributed by atoms with Crippen LogP contribution in [0.15, 0.2) is 57.9 Å². The fraction of sp³-hybridized carbons (Fsp3) is 0.261. The van der Waals surface area contributed by atoms with E-state index in [1.54, 1.807) is 48.5 Å². The molecule has 1 amide bonds. The summed E-state index contributed by atoms with van der Waals surface area (Å²) in [4.78, 5) is 29.3. The van der Waals surface area contributed by atoms with E-state index >= 15 is 0 Å². The number of halogens is 1. The highest BCUT2D eigenvalue weighted by Crippen LogP contribution is 2.20. The summed E-state index contributed by atoms with van der Waals surface area (Å²) in [6.45, 7) is 1.12. The molecule has 2 aromatic carbocycles. The molecule has 0 radical (unpaired) electrons. The number of ether oxygens (including phenoxy) is 2. The smallest absolute Gasteiger partial charge is 0.337 e. The van der Waals surface area contributed by atoms with Crippen molar-refractivity contribution in [3.8, 4) is 0 Å². The maximum Gasteiger partial charge on any atom is 0.337 e. The summed E-state index contributed by atoms with van der Waals surface area (Å²) in [5.41, 5.74) is 1.72. The lowest BCUT2D eigenvalue weighted by Crippen LogP contribution is -2.34. The second-order valence-electron chi connectivity index (χ2n) is 7.15. The Bertz CT molecular complexity index is 1200. The zero-order valence-electron chi connectivity index (χ0n) is 16.9. The Kier molecular flexibility index (Phi) is 6.34. The van der Waals surface area contributed by atoms with Gasteiger partial charge in [0.05, 0.1) is 24.5 Å². The van der Waals surface area contributed by atoms with Crippen LogP contribution in [0.3, 0.4) is 0 Å². The number of carbonyl (C=O) groups is 2. The fourth-order valence-electron chi connectivity index (χ4n) is 3.39. The zero-order chi connectivity index (χ0) is 21.8. The van der Waals surface area contributed by atoms with Crippen molar-refractivity contribution in [2.75, 3.05) is 20.3 Å². The van der Waals surface area contributed by atoms with Crippen LogP contribution in [-0.2, 0) is 9.47 Å². The summed E-state index contributed by atoms with van der Waals surface area (Å²) in [6.07, 6.45) is 1.91. The van der Waals surface area contributed by atoms with Crippen LogP contribution in [0.4, 0.5) is 5.69 Å². The Labute approximate surface area is 183 Å². The maximum atomic E-state index is 13.0. The van der Waals surface area contributed by atoms with Crippen molar-refractivity contribution in [2.24, 2.45) is 4.99 Å². The van der Waals surface area contributed by atoms with E-state index in [2.05, 4.69) is 10.3 Å². The van der Waals surface area contributed by atoms with Crippen molar-refractivity contribution in [2.45, 2.75) is 18.9 Å². The molecule has 1 aliphatic heterocycles.